The van der Waals surface area contributed by atoms with E-state index in [-0.39, 0.29) is 11.5 Å². The number of nitro groups is 1. The fraction of sp³-hybridized carbons (Fsp3) is 0.375. The van der Waals surface area contributed by atoms with Gasteiger partial charge in [-0.25, -0.2) is 0 Å². The predicted molar refractivity (Wildman–Crippen MR) is 89.6 cm³/mol. The lowest BCUT2D eigenvalue weighted by Crippen LogP contribution is -2.21. The van der Waals surface area contributed by atoms with E-state index in [2.05, 4.69) is 28.7 Å². The zero-order valence-electron chi connectivity index (χ0n) is 11.5. The number of fused-ring (bicyclic) bond motifs is 1. The van der Waals surface area contributed by atoms with E-state index in [4.69, 9.17) is 4.74 Å². The lowest BCUT2D eigenvalue weighted by Gasteiger charge is -2.29. The zero-order chi connectivity index (χ0) is 14.8. The molecule has 0 bridgehead atoms. The highest BCUT2D eigenvalue weighted by Crippen LogP contribution is 2.44. The van der Waals surface area contributed by atoms with E-state index < -0.39 is 6.10 Å². The van der Waals surface area contributed by atoms with Gasteiger partial charge >= 0.3 is 0 Å². The normalized spacial score (nSPS) is 21.4. The molecule has 0 fully saturated rings. The van der Waals surface area contributed by atoms with Gasteiger partial charge in [-0.3, -0.25) is 10.1 Å². The van der Waals surface area contributed by atoms with Gasteiger partial charge < -0.3 is 4.74 Å². The van der Waals surface area contributed by atoms with Gasteiger partial charge in [-0.05, 0) is 59.4 Å². The van der Waals surface area contributed by atoms with Gasteiger partial charge in [0.2, 0.25) is 6.54 Å². The monoisotopic (exact) mass is 397 g/mol. The van der Waals surface area contributed by atoms with Crippen molar-refractivity contribution in [2.45, 2.75) is 31.8 Å². The molecule has 1 aliphatic heterocycles. The van der Waals surface area contributed by atoms with Crippen LogP contribution in [0.4, 0.5) is 0 Å². The third kappa shape index (κ3) is 2.97. The van der Waals surface area contributed by atoms with Crippen LogP contribution < -0.4 is 0 Å². The van der Waals surface area contributed by atoms with Gasteiger partial charge in [0.15, 0.2) is 6.10 Å². The number of halogens is 1. The Morgan fingerprint density at radius 3 is 2.86 bits per heavy atom. The molecule has 0 N–H and O–H groups in total. The smallest absolute Gasteiger partial charge is 0.244 e. The average molecular weight is 397 g/mol. The second-order valence-electron chi connectivity index (χ2n) is 5.33. The van der Waals surface area contributed by atoms with E-state index in [0.717, 1.165) is 39.7 Å². The van der Waals surface area contributed by atoms with Gasteiger partial charge in [0.05, 0.1) is 3.58 Å². The summed E-state index contributed by atoms with van der Waals surface area (Å²) in [6, 6.07) is 7.83. The second kappa shape index (κ2) is 6.17. The number of hydrogen-bond acceptors (Lipinski definition) is 3. The summed E-state index contributed by atoms with van der Waals surface area (Å²) in [5.41, 5.74) is 3.19. The first-order chi connectivity index (χ1) is 10.2. The Labute approximate surface area is 137 Å². The number of rotatable bonds is 3. The molecular weight excluding hydrogens is 381 g/mol. The molecular formula is C16H16INO3. The van der Waals surface area contributed by atoms with Crippen molar-refractivity contribution in [3.63, 3.8) is 0 Å². The van der Waals surface area contributed by atoms with Crippen LogP contribution in [-0.4, -0.2) is 11.5 Å². The summed E-state index contributed by atoms with van der Waals surface area (Å²) >= 11 is 2.30. The number of ether oxygens (including phenoxy) is 1. The van der Waals surface area contributed by atoms with Crippen LogP contribution >= 0.6 is 22.6 Å². The van der Waals surface area contributed by atoms with Crippen molar-refractivity contribution in [2.24, 2.45) is 0 Å². The maximum absolute atomic E-state index is 10.9. The van der Waals surface area contributed by atoms with Crippen molar-refractivity contribution >= 4 is 26.2 Å². The lowest BCUT2D eigenvalue weighted by atomic mass is 9.93. The van der Waals surface area contributed by atoms with Crippen molar-refractivity contribution in [1.82, 2.24) is 0 Å². The second-order valence-corrected chi connectivity index (χ2v) is 6.41. The van der Waals surface area contributed by atoms with Gasteiger partial charge in [0.25, 0.3) is 0 Å². The number of benzene rings is 1. The first-order valence-electron chi connectivity index (χ1n) is 7.13. The van der Waals surface area contributed by atoms with Crippen LogP contribution in [0.15, 0.2) is 41.7 Å². The maximum atomic E-state index is 10.9. The van der Waals surface area contributed by atoms with E-state index >= 15 is 0 Å². The van der Waals surface area contributed by atoms with E-state index in [1.54, 1.807) is 0 Å². The van der Waals surface area contributed by atoms with Crippen molar-refractivity contribution in [3.05, 3.63) is 62.9 Å². The standard InChI is InChI=1S/C16H16INO3/c17-15-13-9-5-4-8-12(13)14(10-18(19)20)21-16(15)11-6-2-1-3-7-11/h4-6,8-9,14H,1-3,7,10H2. The first kappa shape index (κ1) is 14.6. The van der Waals surface area contributed by atoms with Crippen molar-refractivity contribution in [3.8, 4) is 0 Å². The SMILES string of the molecule is O=[N+]([O-])CC1OC(C2=CCCCC2)=C(I)c2ccccc21. The number of nitrogens with zero attached hydrogens (tertiary/aromatic N) is 1. The Kier molecular flexibility index (Phi) is 4.28. The van der Waals surface area contributed by atoms with Crippen molar-refractivity contribution in [2.75, 3.05) is 6.54 Å². The molecule has 1 aromatic rings. The van der Waals surface area contributed by atoms with Gasteiger partial charge in [-0.15, -0.1) is 0 Å². The van der Waals surface area contributed by atoms with Crippen LogP contribution in [0.1, 0.15) is 42.9 Å². The lowest BCUT2D eigenvalue weighted by molar-refractivity contribution is -0.491. The van der Waals surface area contributed by atoms with E-state index in [9.17, 15) is 10.1 Å². The minimum absolute atomic E-state index is 0.197. The Balaban J connectivity index is 2.04. The molecule has 0 saturated carbocycles. The zero-order valence-corrected chi connectivity index (χ0v) is 13.7. The molecule has 5 heteroatoms. The van der Waals surface area contributed by atoms with Crippen LogP contribution in [0.5, 0.6) is 0 Å². The highest BCUT2D eigenvalue weighted by molar-refractivity contribution is 14.1. The molecule has 21 heavy (non-hydrogen) atoms. The molecule has 0 amide bonds. The molecule has 2 aliphatic rings. The molecule has 3 rings (SSSR count). The molecule has 110 valence electrons. The highest BCUT2D eigenvalue weighted by atomic mass is 127. The molecule has 0 radical (unpaired) electrons. The van der Waals surface area contributed by atoms with Gasteiger partial charge in [0, 0.05) is 10.5 Å². The molecule has 1 heterocycles. The molecule has 0 spiro atoms. The average Bonchev–Trinajstić information content (AvgIpc) is 2.51. The van der Waals surface area contributed by atoms with E-state index in [0.29, 0.717) is 0 Å². The maximum Gasteiger partial charge on any atom is 0.244 e. The third-order valence-electron chi connectivity index (χ3n) is 3.90. The number of allylic oxidation sites excluding steroid dienone is 2. The minimum atomic E-state index is -0.493. The fourth-order valence-electron chi connectivity index (χ4n) is 2.89. The number of hydrogen-bond donors (Lipinski definition) is 0. The van der Waals surface area contributed by atoms with Gasteiger partial charge in [-0.2, -0.15) is 0 Å². The van der Waals surface area contributed by atoms with Crippen LogP contribution in [0.3, 0.4) is 0 Å². The molecule has 1 atom stereocenters. The topological polar surface area (TPSA) is 52.4 Å². The van der Waals surface area contributed by atoms with Crippen LogP contribution in [0.2, 0.25) is 0 Å². The molecule has 0 aromatic heterocycles. The van der Waals surface area contributed by atoms with E-state index in [1.807, 2.05) is 24.3 Å². The molecule has 1 aromatic carbocycles. The third-order valence-corrected chi connectivity index (χ3v) is 4.97. The summed E-state index contributed by atoms with van der Waals surface area (Å²) in [4.78, 5) is 10.6. The fourth-order valence-corrected chi connectivity index (χ4v) is 3.85. The Morgan fingerprint density at radius 1 is 1.33 bits per heavy atom. The van der Waals surface area contributed by atoms with Crippen LogP contribution in [0, 0.1) is 10.1 Å². The van der Waals surface area contributed by atoms with E-state index in [1.165, 1.54) is 12.0 Å². The molecule has 4 nitrogen and oxygen atoms in total. The largest absolute Gasteiger partial charge is 0.477 e. The van der Waals surface area contributed by atoms with Crippen molar-refractivity contribution in [1.29, 1.82) is 0 Å². The molecule has 0 saturated heterocycles. The summed E-state index contributed by atoms with van der Waals surface area (Å²) in [6.45, 7) is -0.197. The minimum Gasteiger partial charge on any atom is -0.477 e. The molecule has 1 unspecified atom stereocenters. The van der Waals surface area contributed by atoms with Gasteiger partial charge in [-0.1, -0.05) is 30.3 Å². The first-order valence-corrected chi connectivity index (χ1v) is 8.21. The summed E-state index contributed by atoms with van der Waals surface area (Å²) < 4.78 is 7.10. The highest BCUT2D eigenvalue weighted by Gasteiger charge is 2.31. The van der Waals surface area contributed by atoms with Crippen LogP contribution in [0.25, 0.3) is 3.58 Å². The quantitative estimate of drug-likeness (QED) is 0.424. The van der Waals surface area contributed by atoms with Crippen LogP contribution in [-0.2, 0) is 4.74 Å². The summed E-state index contributed by atoms with van der Waals surface area (Å²) in [5, 5.41) is 10.9. The summed E-state index contributed by atoms with van der Waals surface area (Å²) in [5.74, 6) is 0.848. The Morgan fingerprint density at radius 2 is 2.14 bits per heavy atom. The Bertz CT molecular complexity index is 636. The summed E-state index contributed by atoms with van der Waals surface area (Å²) in [7, 11) is 0. The summed E-state index contributed by atoms with van der Waals surface area (Å²) in [6.07, 6.45) is 6.15. The van der Waals surface area contributed by atoms with Crippen molar-refractivity contribution < 1.29 is 9.66 Å². The molecule has 1 aliphatic carbocycles. The van der Waals surface area contributed by atoms with Gasteiger partial charge in [0.1, 0.15) is 5.76 Å². The predicted octanol–water partition coefficient (Wildman–Crippen LogP) is 4.64. The Hall–Kier alpha value is -1.37.